The number of ether oxygens (including phenoxy) is 1. The van der Waals surface area contributed by atoms with Crippen LogP contribution in [0.3, 0.4) is 0 Å². The first-order valence-electron chi connectivity index (χ1n) is 6.95. The van der Waals surface area contributed by atoms with Gasteiger partial charge in [-0.2, -0.15) is 0 Å². The van der Waals surface area contributed by atoms with Crippen LogP contribution in [0.5, 0.6) is 0 Å². The summed E-state index contributed by atoms with van der Waals surface area (Å²) in [5.74, 6) is -0.398. The van der Waals surface area contributed by atoms with Crippen LogP contribution in [0, 0.1) is 5.92 Å². The zero-order valence-corrected chi connectivity index (χ0v) is 11.2. The first-order chi connectivity index (χ1) is 8.68. The Labute approximate surface area is 109 Å². The lowest BCUT2D eigenvalue weighted by Gasteiger charge is -2.38. The van der Waals surface area contributed by atoms with Crippen LogP contribution < -0.4 is 0 Å². The second-order valence-electron chi connectivity index (χ2n) is 5.39. The van der Waals surface area contributed by atoms with Crippen molar-refractivity contribution in [3.05, 3.63) is 0 Å². The Morgan fingerprint density at radius 3 is 2.67 bits per heavy atom. The summed E-state index contributed by atoms with van der Waals surface area (Å²) in [6.07, 6.45) is 2.15. The van der Waals surface area contributed by atoms with Gasteiger partial charge >= 0.3 is 5.97 Å². The van der Waals surface area contributed by atoms with Gasteiger partial charge in [-0.25, -0.2) is 0 Å². The topological polar surface area (TPSA) is 53.0 Å². The van der Waals surface area contributed by atoms with Crippen molar-refractivity contribution in [2.24, 2.45) is 5.92 Å². The van der Waals surface area contributed by atoms with Gasteiger partial charge in [0.1, 0.15) is 6.04 Å². The largest absolute Gasteiger partial charge is 0.480 e. The van der Waals surface area contributed by atoms with Gasteiger partial charge in [-0.05, 0) is 25.3 Å². The lowest BCUT2D eigenvalue weighted by molar-refractivity contribution is -0.147. The van der Waals surface area contributed by atoms with Gasteiger partial charge in [0, 0.05) is 26.2 Å². The number of carboxylic acid groups (broad SMARTS) is 1. The summed E-state index contributed by atoms with van der Waals surface area (Å²) >= 11 is 0. The Balaban J connectivity index is 1.83. The molecule has 2 fully saturated rings. The minimum Gasteiger partial charge on any atom is -0.480 e. The molecular formula is C13H24N2O3. The normalized spacial score (nSPS) is 31.4. The third-order valence-corrected chi connectivity index (χ3v) is 4.10. The molecule has 0 bridgehead atoms. The Hall–Kier alpha value is -0.650. The summed E-state index contributed by atoms with van der Waals surface area (Å²) in [7, 11) is 0. The van der Waals surface area contributed by atoms with Crippen molar-refractivity contribution in [3.63, 3.8) is 0 Å². The van der Waals surface area contributed by atoms with Gasteiger partial charge in [0.25, 0.3) is 0 Å². The molecule has 0 aromatic heterocycles. The molecule has 5 nitrogen and oxygen atoms in total. The number of carboxylic acids is 1. The molecule has 2 saturated heterocycles. The van der Waals surface area contributed by atoms with Crippen molar-refractivity contribution in [3.8, 4) is 0 Å². The van der Waals surface area contributed by atoms with Crippen LogP contribution >= 0.6 is 0 Å². The van der Waals surface area contributed by atoms with Gasteiger partial charge in [0.2, 0.25) is 0 Å². The Morgan fingerprint density at radius 1 is 1.28 bits per heavy atom. The van der Waals surface area contributed by atoms with Crippen molar-refractivity contribution >= 4 is 5.97 Å². The third-order valence-electron chi connectivity index (χ3n) is 4.10. The van der Waals surface area contributed by atoms with Gasteiger partial charge in [0.05, 0.1) is 13.2 Å². The van der Waals surface area contributed by atoms with Crippen LogP contribution in [0.2, 0.25) is 0 Å². The first kappa shape index (κ1) is 13.8. The van der Waals surface area contributed by atoms with E-state index in [1.54, 1.807) is 0 Å². The Bertz CT molecular complexity index is 279. The number of nitrogens with zero attached hydrogens (tertiary/aromatic N) is 2. The van der Waals surface area contributed by atoms with Crippen LogP contribution in [0.1, 0.15) is 19.8 Å². The first-order valence-corrected chi connectivity index (χ1v) is 6.95. The quantitative estimate of drug-likeness (QED) is 0.794. The molecular weight excluding hydrogens is 232 g/mol. The van der Waals surface area contributed by atoms with E-state index < -0.39 is 5.97 Å². The number of rotatable bonds is 4. The maximum absolute atomic E-state index is 11.4. The highest BCUT2D eigenvalue weighted by Crippen LogP contribution is 2.23. The van der Waals surface area contributed by atoms with Crippen LogP contribution in [0.25, 0.3) is 0 Å². The third kappa shape index (κ3) is 3.43. The molecule has 1 N–H and O–H groups in total. The molecule has 2 unspecified atom stereocenters. The minimum absolute atomic E-state index is 0.265. The van der Waals surface area contributed by atoms with Gasteiger partial charge < -0.3 is 9.84 Å². The van der Waals surface area contributed by atoms with Gasteiger partial charge in [-0.15, -0.1) is 0 Å². The lowest BCUT2D eigenvalue weighted by atomic mass is 9.91. The molecule has 104 valence electrons. The van der Waals surface area contributed by atoms with Crippen molar-refractivity contribution in [2.75, 3.05) is 45.9 Å². The molecule has 18 heavy (non-hydrogen) atoms. The monoisotopic (exact) mass is 256 g/mol. The Kier molecular flexibility index (Phi) is 4.97. The highest BCUT2D eigenvalue weighted by Gasteiger charge is 2.33. The molecule has 5 heteroatoms. The van der Waals surface area contributed by atoms with E-state index >= 15 is 0 Å². The van der Waals surface area contributed by atoms with Crippen LogP contribution in [0.4, 0.5) is 0 Å². The van der Waals surface area contributed by atoms with Crippen molar-refractivity contribution in [1.82, 2.24) is 9.80 Å². The predicted octanol–water partition coefficient (Wildman–Crippen LogP) is 0.504. The second-order valence-corrected chi connectivity index (χ2v) is 5.39. The fourth-order valence-electron chi connectivity index (χ4n) is 3.02. The smallest absolute Gasteiger partial charge is 0.321 e. The van der Waals surface area contributed by atoms with Crippen LogP contribution in [-0.4, -0.2) is 72.9 Å². The van der Waals surface area contributed by atoms with E-state index in [1.165, 1.54) is 0 Å². The van der Waals surface area contributed by atoms with Crippen molar-refractivity contribution in [2.45, 2.75) is 25.8 Å². The van der Waals surface area contributed by atoms with Crippen LogP contribution in [-0.2, 0) is 9.53 Å². The summed E-state index contributed by atoms with van der Waals surface area (Å²) in [6, 6.07) is -0.292. The van der Waals surface area contributed by atoms with E-state index in [0.717, 1.165) is 58.8 Å². The van der Waals surface area contributed by atoms with E-state index in [4.69, 9.17) is 4.74 Å². The van der Waals surface area contributed by atoms with E-state index in [1.807, 2.05) is 0 Å². The van der Waals surface area contributed by atoms with Crippen molar-refractivity contribution < 1.29 is 14.6 Å². The zero-order valence-electron chi connectivity index (χ0n) is 11.2. The maximum atomic E-state index is 11.4. The number of morpholine rings is 1. The molecule has 0 aromatic carbocycles. The summed E-state index contributed by atoms with van der Waals surface area (Å²) in [4.78, 5) is 15.9. The van der Waals surface area contributed by atoms with E-state index in [0.29, 0.717) is 0 Å². The zero-order chi connectivity index (χ0) is 13.0. The molecule has 0 amide bonds. The maximum Gasteiger partial charge on any atom is 0.321 e. The highest BCUT2D eigenvalue weighted by atomic mass is 16.5. The molecule has 0 aliphatic carbocycles. The van der Waals surface area contributed by atoms with Gasteiger partial charge in [-0.3, -0.25) is 14.6 Å². The number of likely N-dealkylation sites (tertiary alicyclic amines) is 1. The van der Waals surface area contributed by atoms with Gasteiger partial charge in [0.15, 0.2) is 0 Å². The summed E-state index contributed by atoms with van der Waals surface area (Å²) < 4.78 is 5.32. The SMILES string of the molecule is CC1CCCN(CCN2CCOCC2)C1C(=O)O. The van der Waals surface area contributed by atoms with E-state index in [9.17, 15) is 9.90 Å². The molecule has 0 radical (unpaired) electrons. The van der Waals surface area contributed by atoms with Crippen molar-refractivity contribution in [1.29, 1.82) is 0 Å². The van der Waals surface area contributed by atoms with Crippen LogP contribution in [0.15, 0.2) is 0 Å². The number of aliphatic carboxylic acids is 1. The standard InChI is InChI=1S/C13H24N2O3/c1-11-3-2-4-15(12(11)13(16)17)6-5-14-7-9-18-10-8-14/h11-12H,2-10H2,1H3,(H,16,17). The second kappa shape index (κ2) is 6.50. The lowest BCUT2D eigenvalue weighted by Crippen LogP contribution is -2.52. The predicted molar refractivity (Wildman–Crippen MR) is 68.7 cm³/mol. The number of carbonyl (C=O) groups is 1. The molecule has 2 atom stereocenters. The molecule has 2 aliphatic heterocycles. The molecule has 0 spiro atoms. The molecule has 0 saturated carbocycles. The summed E-state index contributed by atoms with van der Waals surface area (Å²) in [5, 5.41) is 9.34. The fraction of sp³-hybridized carbons (Fsp3) is 0.923. The molecule has 2 heterocycles. The van der Waals surface area contributed by atoms with E-state index in [-0.39, 0.29) is 12.0 Å². The average molecular weight is 256 g/mol. The van der Waals surface area contributed by atoms with Gasteiger partial charge in [-0.1, -0.05) is 6.92 Å². The highest BCUT2D eigenvalue weighted by molar-refractivity contribution is 5.74. The number of hydrogen-bond acceptors (Lipinski definition) is 4. The number of piperidine rings is 1. The number of hydrogen-bond donors (Lipinski definition) is 1. The summed E-state index contributed by atoms with van der Waals surface area (Å²) in [6.45, 7) is 8.35. The summed E-state index contributed by atoms with van der Waals surface area (Å²) in [5.41, 5.74) is 0. The molecule has 0 aromatic rings. The van der Waals surface area contributed by atoms with E-state index in [2.05, 4.69) is 16.7 Å². The molecule has 2 aliphatic rings. The fourth-order valence-corrected chi connectivity index (χ4v) is 3.02. The minimum atomic E-state index is -0.663. The molecule has 2 rings (SSSR count). The average Bonchev–Trinajstić information content (AvgIpc) is 2.37. The Morgan fingerprint density at radius 2 is 2.00 bits per heavy atom.